The molecule has 0 spiro atoms. The van der Waals surface area contributed by atoms with Crippen molar-refractivity contribution in [3.63, 3.8) is 0 Å². The van der Waals surface area contributed by atoms with Gasteiger partial charge in [-0.05, 0) is 37.1 Å². The third-order valence-corrected chi connectivity index (χ3v) is 6.25. The van der Waals surface area contributed by atoms with Crippen molar-refractivity contribution in [2.75, 3.05) is 14.1 Å². The van der Waals surface area contributed by atoms with Crippen molar-refractivity contribution >= 4 is 15.9 Å². The van der Waals surface area contributed by atoms with Crippen LogP contribution in [-0.4, -0.2) is 43.7 Å². The van der Waals surface area contributed by atoms with Gasteiger partial charge in [0.05, 0.1) is 4.90 Å². The van der Waals surface area contributed by atoms with Gasteiger partial charge in [0.1, 0.15) is 0 Å². The lowest BCUT2D eigenvalue weighted by Gasteiger charge is -2.29. The van der Waals surface area contributed by atoms with E-state index in [1.807, 2.05) is 44.2 Å². The number of hydrogen-bond acceptors (Lipinski definition) is 3. The Hall–Kier alpha value is -2.18. The van der Waals surface area contributed by atoms with E-state index in [1.165, 1.54) is 26.2 Å². The van der Waals surface area contributed by atoms with Gasteiger partial charge in [-0.15, -0.1) is 0 Å². The number of hydrogen-bond donors (Lipinski definition) is 0. The van der Waals surface area contributed by atoms with Crippen molar-refractivity contribution in [1.82, 2.24) is 9.21 Å². The van der Waals surface area contributed by atoms with Crippen molar-refractivity contribution in [3.05, 3.63) is 65.7 Å². The lowest BCUT2D eigenvalue weighted by Crippen LogP contribution is -2.38. The average molecular weight is 375 g/mol. The van der Waals surface area contributed by atoms with Gasteiger partial charge in [-0.25, -0.2) is 12.7 Å². The smallest absolute Gasteiger partial charge is 0.254 e. The van der Waals surface area contributed by atoms with Crippen LogP contribution in [0.2, 0.25) is 0 Å². The molecule has 0 radical (unpaired) electrons. The van der Waals surface area contributed by atoms with Crippen molar-refractivity contribution in [2.45, 2.75) is 37.8 Å². The number of carbonyl (C=O) groups excluding carboxylic acids is 1. The number of carbonyl (C=O) groups is 1. The van der Waals surface area contributed by atoms with Crippen LogP contribution in [0.25, 0.3) is 0 Å². The van der Waals surface area contributed by atoms with Crippen LogP contribution in [0.4, 0.5) is 0 Å². The first-order valence-electron chi connectivity index (χ1n) is 8.64. The molecule has 1 amide bonds. The summed E-state index contributed by atoms with van der Waals surface area (Å²) < 4.78 is 25.9. The standard InChI is InChI=1S/C20H26N2O3S/c1-5-16(2)22(15-17-10-7-6-8-11-17)20(23)18-12-9-13-19(14-18)26(24,25)21(3)4/h6-14,16H,5,15H2,1-4H3/t16-/m1/s1. The first kappa shape index (κ1) is 20.1. The van der Waals surface area contributed by atoms with E-state index in [0.29, 0.717) is 12.1 Å². The minimum Gasteiger partial charge on any atom is -0.332 e. The van der Waals surface area contributed by atoms with E-state index in [-0.39, 0.29) is 16.8 Å². The fourth-order valence-electron chi connectivity index (χ4n) is 2.59. The second-order valence-corrected chi connectivity index (χ2v) is 8.64. The molecule has 140 valence electrons. The molecule has 2 aromatic carbocycles. The summed E-state index contributed by atoms with van der Waals surface area (Å²) in [6.45, 7) is 4.52. The summed E-state index contributed by atoms with van der Waals surface area (Å²) in [6, 6.07) is 16.1. The van der Waals surface area contributed by atoms with E-state index in [0.717, 1.165) is 16.3 Å². The number of amides is 1. The van der Waals surface area contributed by atoms with E-state index in [1.54, 1.807) is 17.0 Å². The minimum atomic E-state index is -3.58. The first-order valence-corrected chi connectivity index (χ1v) is 10.1. The van der Waals surface area contributed by atoms with E-state index < -0.39 is 10.0 Å². The predicted molar refractivity (Wildman–Crippen MR) is 103 cm³/mol. The van der Waals surface area contributed by atoms with Crippen LogP contribution in [-0.2, 0) is 16.6 Å². The zero-order valence-electron chi connectivity index (χ0n) is 15.7. The highest BCUT2D eigenvalue weighted by atomic mass is 32.2. The molecule has 0 saturated heterocycles. The van der Waals surface area contributed by atoms with Crippen LogP contribution in [0.15, 0.2) is 59.5 Å². The molecule has 5 nitrogen and oxygen atoms in total. The lowest BCUT2D eigenvalue weighted by atomic mass is 10.1. The largest absolute Gasteiger partial charge is 0.332 e. The molecule has 0 unspecified atom stereocenters. The summed E-state index contributed by atoms with van der Waals surface area (Å²) >= 11 is 0. The van der Waals surface area contributed by atoms with Gasteiger partial charge >= 0.3 is 0 Å². The summed E-state index contributed by atoms with van der Waals surface area (Å²) in [4.78, 5) is 15.0. The van der Waals surface area contributed by atoms with Crippen molar-refractivity contribution in [2.24, 2.45) is 0 Å². The third-order valence-electron chi connectivity index (χ3n) is 4.44. The zero-order valence-corrected chi connectivity index (χ0v) is 16.5. The molecule has 0 aliphatic rings. The Labute approximate surface area is 156 Å². The maximum atomic E-state index is 13.1. The molecule has 0 aliphatic carbocycles. The number of rotatable bonds is 7. The monoisotopic (exact) mass is 374 g/mol. The van der Waals surface area contributed by atoms with Crippen LogP contribution in [0.5, 0.6) is 0 Å². The Balaban J connectivity index is 2.37. The van der Waals surface area contributed by atoms with Gasteiger partial charge in [0.15, 0.2) is 0 Å². The SMILES string of the molecule is CC[C@@H](C)N(Cc1ccccc1)C(=O)c1cccc(S(=O)(=O)N(C)C)c1. The molecule has 1 atom stereocenters. The van der Waals surface area contributed by atoms with Gasteiger partial charge < -0.3 is 4.90 Å². The minimum absolute atomic E-state index is 0.0387. The Morgan fingerprint density at radius 2 is 1.69 bits per heavy atom. The second-order valence-electron chi connectivity index (χ2n) is 6.49. The van der Waals surface area contributed by atoms with Crippen molar-refractivity contribution in [1.29, 1.82) is 0 Å². The topological polar surface area (TPSA) is 57.7 Å². The molecule has 2 rings (SSSR count). The normalized spacial score (nSPS) is 12.8. The predicted octanol–water partition coefficient (Wildman–Crippen LogP) is 3.38. The molecule has 0 saturated carbocycles. The van der Waals surface area contributed by atoms with Crippen LogP contribution < -0.4 is 0 Å². The third kappa shape index (κ3) is 4.51. The molecule has 0 bridgehead atoms. The molecule has 0 heterocycles. The van der Waals surface area contributed by atoms with Crippen LogP contribution in [0, 0.1) is 0 Å². The van der Waals surface area contributed by atoms with Crippen LogP contribution >= 0.6 is 0 Å². The second kappa shape index (κ2) is 8.47. The number of sulfonamides is 1. The number of benzene rings is 2. The van der Waals surface area contributed by atoms with Crippen LogP contribution in [0.1, 0.15) is 36.2 Å². The fraction of sp³-hybridized carbons (Fsp3) is 0.350. The summed E-state index contributed by atoms with van der Waals surface area (Å²) in [5, 5.41) is 0. The molecule has 26 heavy (non-hydrogen) atoms. The maximum Gasteiger partial charge on any atom is 0.254 e. The van der Waals surface area contributed by atoms with E-state index >= 15 is 0 Å². The summed E-state index contributed by atoms with van der Waals surface area (Å²) in [5.74, 6) is -0.168. The Morgan fingerprint density at radius 1 is 1.04 bits per heavy atom. The first-order chi connectivity index (χ1) is 12.3. The van der Waals surface area contributed by atoms with Gasteiger partial charge in [-0.1, -0.05) is 43.3 Å². The fourth-order valence-corrected chi connectivity index (χ4v) is 3.54. The van der Waals surface area contributed by atoms with Gasteiger partial charge in [0.25, 0.3) is 5.91 Å². The molecular formula is C20H26N2O3S. The highest BCUT2D eigenvalue weighted by Gasteiger charge is 2.23. The van der Waals surface area contributed by atoms with E-state index in [4.69, 9.17) is 0 Å². The summed E-state index contributed by atoms with van der Waals surface area (Å²) in [5.41, 5.74) is 1.42. The van der Waals surface area contributed by atoms with Gasteiger partial charge in [0, 0.05) is 32.2 Å². The lowest BCUT2D eigenvalue weighted by molar-refractivity contribution is 0.0671. The number of nitrogens with zero attached hydrogens (tertiary/aromatic N) is 2. The molecule has 0 aromatic heterocycles. The van der Waals surface area contributed by atoms with E-state index in [9.17, 15) is 13.2 Å². The zero-order chi connectivity index (χ0) is 19.3. The van der Waals surface area contributed by atoms with Gasteiger partial charge in [-0.3, -0.25) is 4.79 Å². The van der Waals surface area contributed by atoms with Crippen molar-refractivity contribution < 1.29 is 13.2 Å². The Morgan fingerprint density at radius 3 is 2.27 bits per heavy atom. The molecule has 6 heteroatoms. The molecule has 0 fully saturated rings. The molecular weight excluding hydrogens is 348 g/mol. The Kier molecular flexibility index (Phi) is 6.56. The highest BCUT2D eigenvalue weighted by Crippen LogP contribution is 2.19. The van der Waals surface area contributed by atoms with Gasteiger partial charge in [-0.2, -0.15) is 0 Å². The van der Waals surface area contributed by atoms with Crippen molar-refractivity contribution in [3.8, 4) is 0 Å². The van der Waals surface area contributed by atoms with E-state index in [2.05, 4.69) is 0 Å². The maximum absolute atomic E-state index is 13.1. The summed E-state index contributed by atoms with van der Waals surface area (Å²) in [6.07, 6.45) is 0.814. The van der Waals surface area contributed by atoms with Gasteiger partial charge in [0.2, 0.25) is 10.0 Å². The molecule has 0 N–H and O–H groups in total. The quantitative estimate of drug-likeness (QED) is 0.746. The molecule has 2 aromatic rings. The Bertz CT molecular complexity index is 848. The summed E-state index contributed by atoms with van der Waals surface area (Å²) in [7, 11) is -0.627. The average Bonchev–Trinajstić information content (AvgIpc) is 2.65. The van der Waals surface area contributed by atoms with Crippen LogP contribution in [0.3, 0.4) is 0 Å². The highest BCUT2D eigenvalue weighted by molar-refractivity contribution is 7.89. The molecule has 0 aliphatic heterocycles.